The predicted octanol–water partition coefficient (Wildman–Crippen LogP) is 1.81. The summed E-state index contributed by atoms with van der Waals surface area (Å²) in [4.78, 5) is 0. The second-order valence-corrected chi connectivity index (χ2v) is 4.56. The Morgan fingerprint density at radius 1 is 1.17 bits per heavy atom. The highest BCUT2D eigenvalue weighted by molar-refractivity contribution is 5.27. The van der Waals surface area contributed by atoms with Crippen LogP contribution in [0.4, 0.5) is 13.2 Å². The Kier molecular flexibility index (Phi) is 3.35. The summed E-state index contributed by atoms with van der Waals surface area (Å²) >= 11 is 0. The lowest BCUT2D eigenvalue weighted by Gasteiger charge is -2.33. The largest absolute Gasteiger partial charge is 0.416 e. The summed E-state index contributed by atoms with van der Waals surface area (Å²) in [5, 5.41) is 22.1. The molecule has 1 aliphatic rings. The van der Waals surface area contributed by atoms with Gasteiger partial charge in [-0.3, -0.25) is 0 Å². The van der Waals surface area contributed by atoms with Gasteiger partial charge in [0, 0.05) is 25.4 Å². The summed E-state index contributed by atoms with van der Waals surface area (Å²) in [6.07, 6.45) is -4.07. The first-order valence-electron chi connectivity index (χ1n) is 5.63. The molecule has 0 bridgehead atoms. The number of rotatable bonds is 1. The van der Waals surface area contributed by atoms with Gasteiger partial charge >= 0.3 is 6.18 Å². The van der Waals surface area contributed by atoms with E-state index in [0.717, 1.165) is 12.1 Å². The van der Waals surface area contributed by atoms with Crippen molar-refractivity contribution in [1.82, 2.24) is 5.32 Å². The summed E-state index contributed by atoms with van der Waals surface area (Å²) in [6.45, 7) is 0.415. The number of halogens is 3. The number of hydrogen-bond acceptors (Lipinski definition) is 3. The van der Waals surface area contributed by atoms with Gasteiger partial charge in [-0.05, 0) is 17.7 Å². The predicted molar refractivity (Wildman–Crippen MR) is 58.6 cm³/mol. The summed E-state index contributed by atoms with van der Waals surface area (Å²) in [6, 6.07) is 4.39. The van der Waals surface area contributed by atoms with Crippen LogP contribution >= 0.6 is 0 Å². The molecule has 6 heteroatoms. The van der Waals surface area contributed by atoms with Crippen LogP contribution in [-0.2, 0) is 6.18 Å². The fraction of sp³-hybridized carbons (Fsp3) is 0.500. The van der Waals surface area contributed by atoms with Crippen LogP contribution in [0, 0.1) is 0 Å². The van der Waals surface area contributed by atoms with Crippen molar-refractivity contribution in [3.05, 3.63) is 35.4 Å². The quantitative estimate of drug-likeness (QED) is 0.676. The third-order valence-electron chi connectivity index (χ3n) is 3.09. The first-order valence-corrected chi connectivity index (χ1v) is 5.63. The lowest BCUT2D eigenvalue weighted by molar-refractivity contribution is -0.184. The molecule has 100 valence electrons. The maximum Gasteiger partial charge on any atom is 0.416 e. The zero-order valence-corrected chi connectivity index (χ0v) is 9.54. The average molecular weight is 261 g/mol. The topological polar surface area (TPSA) is 52.5 Å². The minimum Gasteiger partial charge on any atom is -0.365 e. The molecule has 1 aliphatic heterocycles. The highest BCUT2D eigenvalue weighted by Gasteiger charge is 2.33. The van der Waals surface area contributed by atoms with E-state index < -0.39 is 17.5 Å². The first kappa shape index (κ1) is 13.3. The molecule has 0 spiro atoms. The summed E-state index contributed by atoms with van der Waals surface area (Å²) in [5.74, 6) is -1.75. The number of piperidine rings is 1. The lowest BCUT2D eigenvalue weighted by atomic mass is 9.92. The molecule has 1 atom stereocenters. The highest BCUT2D eigenvalue weighted by Crippen LogP contribution is 2.32. The van der Waals surface area contributed by atoms with Gasteiger partial charge < -0.3 is 15.5 Å². The van der Waals surface area contributed by atoms with Crippen molar-refractivity contribution in [3.8, 4) is 0 Å². The Morgan fingerprint density at radius 3 is 2.28 bits per heavy atom. The average Bonchev–Trinajstić information content (AvgIpc) is 2.27. The van der Waals surface area contributed by atoms with Gasteiger partial charge in [0.2, 0.25) is 0 Å². The molecule has 18 heavy (non-hydrogen) atoms. The van der Waals surface area contributed by atoms with E-state index in [1.807, 2.05) is 0 Å². The number of alkyl halides is 3. The lowest BCUT2D eigenvalue weighted by Crippen LogP contribution is -2.43. The Hall–Kier alpha value is -1.11. The number of nitrogens with one attached hydrogen (secondary N) is 1. The third kappa shape index (κ3) is 3.01. The van der Waals surface area contributed by atoms with Crippen LogP contribution in [0.2, 0.25) is 0 Å². The standard InChI is InChI=1S/C12H14F3NO2/c13-12(14,15)9-3-1-8(2-4-9)10-7-11(17,18)5-6-16-10/h1-4,10,16-18H,5-7H2. The Bertz CT molecular complexity index is 414. The van der Waals surface area contributed by atoms with E-state index in [4.69, 9.17) is 0 Å². The normalized spacial score (nSPS) is 23.9. The van der Waals surface area contributed by atoms with Gasteiger partial charge in [0.05, 0.1) is 5.56 Å². The number of benzene rings is 1. The van der Waals surface area contributed by atoms with Gasteiger partial charge in [-0.15, -0.1) is 0 Å². The molecule has 1 heterocycles. The number of aliphatic hydroxyl groups is 2. The van der Waals surface area contributed by atoms with Gasteiger partial charge in [0.15, 0.2) is 5.79 Å². The molecule has 1 aromatic carbocycles. The van der Waals surface area contributed by atoms with Crippen LogP contribution in [0.25, 0.3) is 0 Å². The second-order valence-electron chi connectivity index (χ2n) is 4.56. The maximum atomic E-state index is 12.4. The molecule has 1 fully saturated rings. The molecule has 0 radical (unpaired) electrons. The van der Waals surface area contributed by atoms with Gasteiger partial charge in [-0.25, -0.2) is 0 Å². The fourth-order valence-corrected chi connectivity index (χ4v) is 2.09. The molecule has 3 N–H and O–H groups in total. The Morgan fingerprint density at radius 2 is 1.78 bits per heavy atom. The molecule has 0 saturated carbocycles. The highest BCUT2D eigenvalue weighted by atomic mass is 19.4. The minimum absolute atomic E-state index is 0.0678. The zero-order valence-electron chi connectivity index (χ0n) is 9.54. The van der Waals surface area contributed by atoms with Crippen LogP contribution in [0.5, 0.6) is 0 Å². The van der Waals surface area contributed by atoms with Crippen molar-refractivity contribution in [3.63, 3.8) is 0 Å². The van der Waals surface area contributed by atoms with E-state index in [9.17, 15) is 23.4 Å². The maximum absolute atomic E-state index is 12.4. The molecule has 0 amide bonds. The van der Waals surface area contributed by atoms with Crippen LogP contribution in [-0.4, -0.2) is 22.5 Å². The molecule has 1 saturated heterocycles. The van der Waals surface area contributed by atoms with Crippen molar-refractivity contribution in [2.24, 2.45) is 0 Å². The van der Waals surface area contributed by atoms with Crippen molar-refractivity contribution in [2.75, 3.05) is 6.54 Å². The number of hydrogen-bond donors (Lipinski definition) is 3. The van der Waals surface area contributed by atoms with E-state index in [1.165, 1.54) is 12.1 Å². The third-order valence-corrected chi connectivity index (χ3v) is 3.09. The van der Waals surface area contributed by atoms with Crippen LogP contribution in [0.15, 0.2) is 24.3 Å². The monoisotopic (exact) mass is 261 g/mol. The van der Waals surface area contributed by atoms with Crippen molar-refractivity contribution >= 4 is 0 Å². The smallest absolute Gasteiger partial charge is 0.365 e. The van der Waals surface area contributed by atoms with E-state index >= 15 is 0 Å². The van der Waals surface area contributed by atoms with Crippen molar-refractivity contribution in [1.29, 1.82) is 0 Å². The van der Waals surface area contributed by atoms with E-state index in [0.29, 0.717) is 12.1 Å². The molecular weight excluding hydrogens is 247 g/mol. The Balaban J connectivity index is 2.15. The van der Waals surface area contributed by atoms with Crippen molar-refractivity contribution < 1.29 is 23.4 Å². The van der Waals surface area contributed by atoms with Crippen LogP contribution < -0.4 is 5.32 Å². The second kappa shape index (κ2) is 4.53. The Labute approximate surface area is 102 Å². The fourth-order valence-electron chi connectivity index (χ4n) is 2.09. The molecule has 1 unspecified atom stereocenters. The van der Waals surface area contributed by atoms with E-state index in [1.54, 1.807) is 0 Å². The van der Waals surface area contributed by atoms with Gasteiger partial charge in [0.25, 0.3) is 0 Å². The molecule has 3 nitrogen and oxygen atoms in total. The molecular formula is C12H14F3NO2. The molecule has 0 aromatic heterocycles. The minimum atomic E-state index is -4.35. The first-order chi connectivity index (χ1) is 8.28. The van der Waals surface area contributed by atoms with Crippen molar-refractivity contribution in [2.45, 2.75) is 30.8 Å². The molecule has 1 aromatic rings. The van der Waals surface area contributed by atoms with E-state index in [-0.39, 0.29) is 18.9 Å². The molecule has 2 rings (SSSR count). The van der Waals surface area contributed by atoms with Crippen LogP contribution in [0.1, 0.15) is 30.0 Å². The van der Waals surface area contributed by atoms with Crippen LogP contribution in [0.3, 0.4) is 0 Å². The van der Waals surface area contributed by atoms with Gasteiger partial charge in [0.1, 0.15) is 0 Å². The summed E-state index contributed by atoms with van der Waals surface area (Å²) in [7, 11) is 0. The SMILES string of the molecule is OC1(O)CCNC(c2ccc(C(F)(F)F)cc2)C1. The van der Waals surface area contributed by atoms with Gasteiger partial charge in [-0.1, -0.05) is 12.1 Å². The van der Waals surface area contributed by atoms with E-state index in [2.05, 4.69) is 5.32 Å². The summed E-state index contributed by atoms with van der Waals surface area (Å²) < 4.78 is 37.2. The van der Waals surface area contributed by atoms with Gasteiger partial charge in [-0.2, -0.15) is 13.2 Å². The molecule has 0 aliphatic carbocycles. The summed E-state index contributed by atoms with van der Waals surface area (Å²) in [5.41, 5.74) is -0.0866. The zero-order chi connectivity index (χ0) is 13.4.